The van der Waals surface area contributed by atoms with Crippen molar-refractivity contribution in [3.63, 3.8) is 0 Å². The van der Waals surface area contributed by atoms with Gasteiger partial charge < -0.3 is 15.4 Å². The van der Waals surface area contributed by atoms with Crippen molar-refractivity contribution < 1.29 is 9.66 Å². The van der Waals surface area contributed by atoms with E-state index in [9.17, 15) is 10.1 Å². The molecule has 0 aliphatic heterocycles. The van der Waals surface area contributed by atoms with Gasteiger partial charge in [-0.3, -0.25) is 10.1 Å². The zero-order valence-corrected chi connectivity index (χ0v) is 11.3. The largest absolute Gasteiger partial charge is 0.379 e. The van der Waals surface area contributed by atoms with Crippen molar-refractivity contribution in [1.82, 2.24) is 9.97 Å². The molecule has 1 aromatic rings. The van der Waals surface area contributed by atoms with Crippen molar-refractivity contribution in [1.29, 1.82) is 0 Å². The maximum atomic E-state index is 11.0. The summed E-state index contributed by atoms with van der Waals surface area (Å²) in [5, 5.41) is 16.5. The van der Waals surface area contributed by atoms with E-state index in [0.29, 0.717) is 25.7 Å². The van der Waals surface area contributed by atoms with Gasteiger partial charge in [0.1, 0.15) is 6.33 Å². The van der Waals surface area contributed by atoms with Crippen molar-refractivity contribution in [2.45, 2.75) is 13.8 Å². The standard InChI is InChI=1S/C11H19N5O3/c1-8(2)6-19-5-4-13-11-9(16(17)18)10(12-3)14-7-15-11/h7-8H,4-6H2,1-3H3,(H2,12,13,14,15). The van der Waals surface area contributed by atoms with Crippen LogP contribution in [0, 0.1) is 16.0 Å². The Hall–Kier alpha value is -1.96. The number of hydrogen-bond donors (Lipinski definition) is 2. The minimum atomic E-state index is -0.511. The summed E-state index contributed by atoms with van der Waals surface area (Å²) in [4.78, 5) is 18.2. The fourth-order valence-corrected chi connectivity index (χ4v) is 1.42. The number of nitrogens with one attached hydrogen (secondary N) is 2. The third-order valence-corrected chi connectivity index (χ3v) is 2.23. The zero-order chi connectivity index (χ0) is 14.3. The molecule has 2 N–H and O–H groups in total. The quantitative estimate of drug-likeness (QED) is 0.419. The molecule has 1 rings (SSSR count). The minimum Gasteiger partial charge on any atom is -0.379 e. The molecule has 8 heteroatoms. The van der Waals surface area contributed by atoms with E-state index in [1.165, 1.54) is 6.33 Å². The lowest BCUT2D eigenvalue weighted by atomic mass is 10.2. The molecule has 0 aliphatic carbocycles. The second-order valence-corrected chi connectivity index (χ2v) is 4.32. The van der Waals surface area contributed by atoms with Crippen LogP contribution in [-0.2, 0) is 4.74 Å². The smallest absolute Gasteiger partial charge is 0.353 e. The van der Waals surface area contributed by atoms with Crippen LogP contribution in [-0.4, -0.2) is 41.7 Å². The van der Waals surface area contributed by atoms with Gasteiger partial charge in [-0.05, 0) is 5.92 Å². The Kier molecular flexibility index (Phi) is 5.94. The van der Waals surface area contributed by atoms with E-state index in [-0.39, 0.29) is 17.3 Å². The first-order chi connectivity index (χ1) is 9.06. The lowest BCUT2D eigenvalue weighted by Crippen LogP contribution is -2.14. The lowest BCUT2D eigenvalue weighted by molar-refractivity contribution is -0.383. The van der Waals surface area contributed by atoms with Gasteiger partial charge in [0.15, 0.2) is 0 Å². The van der Waals surface area contributed by atoms with Crippen LogP contribution in [0.5, 0.6) is 0 Å². The predicted octanol–water partition coefficient (Wildman–Crippen LogP) is 1.51. The maximum Gasteiger partial charge on any atom is 0.353 e. The van der Waals surface area contributed by atoms with Crippen LogP contribution in [0.15, 0.2) is 6.33 Å². The highest BCUT2D eigenvalue weighted by Gasteiger charge is 2.21. The SMILES string of the molecule is CNc1ncnc(NCCOCC(C)C)c1[N+](=O)[O-]. The van der Waals surface area contributed by atoms with E-state index in [2.05, 4.69) is 34.4 Å². The minimum absolute atomic E-state index is 0.158. The maximum absolute atomic E-state index is 11.0. The number of ether oxygens (including phenoxy) is 1. The van der Waals surface area contributed by atoms with Gasteiger partial charge in [0.2, 0.25) is 11.6 Å². The monoisotopic (exact) mass is 269 g/mol. The van der Waals surface area contributed by atoms with E-state index in [1.54, 1.807) is 7.05 Å². The zero-order valence-electron chi connectivity index (χ0n) is 11.3. The highest BCUT2D eigenvalue weighted by atomic mass is 16.6. The Morgan fingerprint density at radius 1 is 1.42 bits per heavy atom. The summed E-state index contributed by atoms with van der Waals surface area (Å²) in [7, 11) is 1.57. The Morgan fingerprint density at radius 2 is 2.11 bits per heavy atom. The first kappa shape index (κ1) is 15.1. The Bertz CT molecular complexity index is 425. The average Bonchev–Trinajstić information content (AvgIpc) is 2.37. The van der Waals surface area contributed by atoms with Gasteiger partial charge in [-0.1, -0.05) is 13.8 Å². The number of hydrogen-bond acceptors (Lipinski definition) is 7. The molecule has 0 atom stereocenters. The fourth-order valence-electron chi connectivity index (χ4n) is 1.42. The summed E-state index contributed by atoms with van der Waals surface area (Å²) in [6, 6.07) is 0. The van der Waals surface area contributed by atoms with Crippen LogP contribution in [0.4, 0.5) is 17.3 Å². The molecule has 0 amide bonds. The molecule has 0 saturated carbocycles. The molecular weight excluding hydrogens is 250 g/mol. The number of rotatable bonds is 8. The van der Waals surface area contributed by atoms with Gasteiger partial charge >= 0.3 is 5.69 Å². The molecule has 1 heterocycles. The molecule has 0 aromatic carbocycles. The molecule has 19 heavy (non-hydrogen) atoms. The predicted molar refractivity (Wildman–Crippen MR) is 72.4 cm³/mol. The molecule has 0 aliphatic rings. The van der Waals surface area contributed by atoms with Gasteiger partial charge in [-0.15, -0.1) is 0 Å². The lowest BCUT2D eigenvalue weighted by Gasteiger charge is -2.09. The molecular formula is C11H19N5O3. The van der Waals surface area contributed by atoms with Crippen molar-refractivity contribution in [3.8, 4) is 0 Å². The van der Waals surface area contributed by atoms with Crippen molar-refractivity contribution in [2.24, 2.45) is 5.92 Å². The molecule has 0 saturated heterocycles. The normalized spacial score (nSPS) is 10.5. The average molecular weight is 269 g/mol. The van der Waals surface area contributed by atoms with Gasteiger partial charge in [0.25, 0.3) is 0 Å². The third kappa shape index (κ3) is 4.66. The van der Waals surface area contributed by atoms with Crippen LogP contribution < -0.4 is 10.6 Å². The van der Waals surface area contributed by atoms with Crippen molar-refractivity contribution in [2.75, 3.05) is 37.4 Å². The summed E-state index contributed by atoms with van der Waals surface area (Å²) in [5.41, 5.74) is -0.158. The van der Waals surface area contributed by atoms with Crippen LogP contribution in [0.3, 0.4) is 0 Å². The van der Waals surface area contributed by atoms with E-state index < -0.39 is 4.92 Å². The molecule has 0 spiro atoms. The molecule has 0 fully saturated rings. The van der Waals surface area contributed by atoms with Crippen LogP contribution >= 0.6 is 0 Å². The summed E-state index contributed by atoms with van der Waals surface area (Å²) in [6.45, 7) is 5.70. The highest BCUT2D eigenvalue weighted by molar-refractivity contribution is 5.68. The van der Waals surface area contributed by atoms with E-state index >= 15 is 0 Å². The van der Waals surface area contributed by atoms with E-state index in [0.717, 1.165) is 0 Å². The molecule has 0 bridgehead atoms. The van der Waals surface area contributed by atoms with Gasteiger partial charge in [0.05, 0.1) is 11.5 Å². The van der Waals surface area contributed by atoms with Gasteiger partial charge in [-0.2, -0.15) is 0 Å². The summed E-state index contributed by atoms with van der Waals surface area (Å²) in [6.07, 6.45) is 1.27. The number of aromatic nitrogens is 2. The van der Waals surface area contributed by atoms with Gasteiger partial charge in [0, 0.05) is 20.2 Å². The van der Waals surface area contributed by atoms with Crippen LogP contribution in [0.2, 0.25) is 0 Å². The summed E-state index contributed by atoms with van der Waals surface area (Å²) < 4.78 is 5.38. The first-order valence-electron chi connectivity index (χ1n) is 6.05. The van der Waals surface area contributed by atoms with Crippen molar-refractivity contribution >= 4 is 17.3 Å². The molecule has 0 radical (unpaired) electrons. The second kappa shape index (κ2) is 7.47. The second-order valence-electron chi connectivity index (χ2n) is 4.32. The fraction of sp³-hybridized carbons (Fsp3) is 0.636. The molecule has 1 aromatic heterocycles. The third-order valence-electron chi connectivity index (χ3n) is 2.23. The number of anilines is 2. The van der Waals surface area contributed by atoms with Crippen LogP contribution in [0.1, 0.15) is 13.8 Å². The van der Waals surface area contributed by atoms with Gasteiger partial charge in [-0.25, -0.2) is 9.97 Å². The van der Waals surface area contributed by atoms with Crippen LogP contribution in [0.25, 0.3) is 0 Å². The topological polar surface area (TPSA) is 102 Å². The first-order valence-corrected chi connectivity index (χ1v) is 6.05. The Balaban J connectivity index is 2.60. The van der Waals surface area contributed by atoms with Crippen molar-refractivity contribution in [3.05, 3.63) is 16.4 Å². The Labute approximate surface area is 111 Å². The molecule has 106 valence electrons. The summed E-state index contributed by atoms with van der Waals surface area (Å²) >= 11 is 0. The highest BCUT2D eigenvalue weighted by Crippen LogP contribution is 2.27. The molecule has 8 nitrogen and oxygen atoms in total. The number of nitrogens with zero attached hydrogens (tertiary/aromatic N) is 3. The van der Waals surface area contributed by atoms with E-state index in [4.69, 9.17) is 4.74 Å². The Morgan fingerprint density at radius 3 is 2.68 bits per heavy atom. The number of nitro groups is 1. The summed E-state index contributed by atoms with van der Waals surface area (Å²) in [5.74, 6) is 0.840. The molecule has 0 unspecified atom stereocenters. The van der Waals surface area contributed by atoms with E-state index in [1.807, 2.05) is 0 Å².